The molecule has 0 bridgehead atoms. The summed E-state index contributed by atoms with van der Waals surface area (Å²) < 4.78 is 48.4. The molecule has 1 nitrogen and oxygen atoms in total. The first-order chi connectivity index (χ1) is 4.90. The molecule has 1 aliphatic carbocycles. The van der Waals surface area contributed by atoms with Gasteiger partial charge in [0.15, 0.2) is 0 Å². The molecular formula is C6H9F4N. The Hall–Kier alpha value is -0.320. The highest BCUT2D eigenvalue weighted by atomic mass is 19.3. The number of alkyl halides is 4. The maximum Gasteiger partial charge on any atom is 0.324 e. The number of hydrogen-bond donors (Lipinski definition) is 1. The van der Waals surface area contributed by atoms with Gasteiger partial charge in [0.25, 0.3) is 0 Å². The number of nitrogens with two attached hydrogens (primary N) is 1. The van der Waals surface area contributed by atoms with Crippen LogP contribution in [0.25, 0.3) is 0 Å². The second kappa shape index (κ2) is 2.33. The zero-order valence-electron chi connectivity index (χ0n) is 5.79. The summed E-state index contributed by atoms with van der Waals surface area (Å²) in [7, 11) is 0. The van der Waals surface area contributed by atoms with E-state index in [1.54, 1.807) is 0 Å². The van der Waals surface area contributed by atoms with Crippen molar-refractivity contribution in [1.82, 2.24) is 0 Å². The van der Waals surface area contributed by atoms with Crippen LogP contribution < -0.4 is 5.73 Å². The summed E-state index contributed by atoms with van der Waals surface area (Å²) in [5.74, 6) is -4.02. The van der Waals surface area contributed by atoms with E-state index in [9.17, 15) is 17.6 Å². The molecule has 0 aliphatic heterocycles. The van der Waals surface area contributed by atoms with E-state index in [4.69, 9.17) is 5.73 Å². The SMILES string of the molecule is NC1(C(F)(F)C(F)F)CCC1. The molecule has 1 aliphatic rings. The fourth-order valence-electron chi connectivity index (χ4n) is 1.11. The van der Waals surface area contributed by atoms with Crippen molar-refractivity contribution in [2.75, 3.05) is 0 Å². The van der Waals surface area contributed by atoms with Crippen LogP contribution in [0.15, 0.2) is 0 Å². The van der Waals surface area contributed by atoms with Crippen molar-refractivity contribution < 1.29 is 17.6 Å². The maximum absolute atomic E-state index is 12.5. The molecule has 1 fully saturated rings. The molecule has 0 aromatic heterocycles. The van der Waals surface area contributed by atoms with Gasteiger partial charge in [-0.3, -0.25) is 0 Å². The van der Waals surface area contributed by atoms with Gasteiger partial charge in [0, 0.05) is 0 Å². The zero-order chi connectivity index (χ0) is 8.70. The molecular weight excluding hydrogens is 162 g/mol. The molecule has 0 unspecified atom stereocenters. The van der Waals surface area contributed by atoms with Crippen LogP contribution >= 0.6 is 0 Å². The lowest BCUT2D eigenvalue weighted by Crippen LogP contribution is -2.63. The summed E-state index contributed by atoms with van der Waals surface area (Å²) in [6, 6.07) is 0. The molecule has 0 heterocycles. The first kappa shape index (κ1) is 8.77. The third-order valence-electron chi connectivity index (χ3n) is 2.18. The summed E-state index contributed by atoms with van der Waals surface area (Å²) in [4.78, 5) is 0. The topological polar surface area (TPSA) is 26.0 Å². The molecule has 1 saturated carbocycles. The van der Waals surface area contributed by atoms with E-state index in [0.717, 1.165) is 0 Å². The lowest BCUT2D eigenvalue weighted by molar-refractivity contribution is -0.193. The highest BCUT2D eigenvalue weighted by molar-refractivity contribution is 5.04. The molecule has 5 heteroatoms. The van der Waals surface area contributed by atoms with Crippen LogP contribution in [0.5, 0.6) is 0 Å². The van der Waals surface area contributed by atoms with Crippen LogP contribution in [0.4, 0.5) is 17.6 Å². The van der Waals surface area contributed by atoms with Crippen molar-refractivity contribution in [3.8, 4) is 0 Å². The van der Waals surface area contributed by atoms with Gasteiger partial charge in [-0.2, -0.15) is 8.78 Å². The second-order valence-corrected chi connectivity index (χ2v) is 2.93. The molecule has 0 amide bonds. The Bertz CT molecular complexity index is 153. The van der Waals surface area contributed by atoms with Crippen molar-refractivity contribution in [1.29, 1.82) is 0 Å². The third-order valence-corrected chi connectivity index (χ3v) is 2.18. The van der Waals surface area contributed by atoms with E-state index < -0.39 is 17.9 Å². The van der Waals surface area contributed by atoms with E-state index in [-0.39, 0.29) is 12.8 Å². The highest BCUT2D eigenvalue weighted by Gasteiger charge is 2.60. The molecule has 0 aromatic carbocycles. The van der Waals surface area contributed by atoms with Crippen LogP contribution in [0.2, 0.25) is 0 Å². The summed E-state index contributed by atoms with van der Waals surface area (Å²) in [5.41, 5.74) is 3.11. The van der Waals surface area contributed by atoms with E-state index in [1.165, 1.54) is 0 Å². The number of hydrogen-bond acceptors (Lipinski definition) is 1. The van der Waals surface area contributed by atoms with Gasteiger partial charge in [0.1, 0.15) is 0 Å². The van der Waals surface area contributed by atoms with Crippen molar-refractivity contribution in [3.63, 3.8) is 0 Å². The molecule has 0 radical (unpaired) electrons. The Morgan fingerprint density at radius 2 is 1.73 bits per heavy atom. The average molecular weight is 171 g/mol. The maximum atomic E-state index is 12.5. The fraction of sp³-hybridized carbons (Fsp3) is 1.00. The van der Waals surface area contributed by atoms with Gasteiger partial charge in [0.2, 0.25) is 0 Å². The van der Waals surface area contributed by atoms with Crippen molar-refractivity contribution >= 4 is 0 Å². The van der Waals surface area contributed by atoms with Gasteiger partial charge in [-0.25, -0.2) is 8.78 Å². The minimum atomic E-state index is -4.02. The monoisotopic (exact) mass is 171 g/mol. The Morgan fingerprint density at radius 1 is 1.27 bits per heavy atom. The number of halogens is 4. The Labute approximate surface area is 61.6 Å². The van der Waals surface area contributed by atoms with E-state index in [2.05, 4.69) is 0 Å². The molecule has 0 spiro atoms. The third kappa shape index (κ3) is 1.11. The van der Waals surface area contributed by atoms with Crippen molar-refractivity contribution in [3.05, 3.63) is 0 Å². The summed E-state index contributed by atoms with van der Waals surface area (Å²) in [5, 5.41) is 0. The molecule has 1 rings (SSSR count). The van der Waals surface area contributed by atoms with Crippen LogP contribution in [0.3, 0.4) is 0 Å². The summed E-state index contributed by atoms with van der Waals surface area (Å²) in [6.45, 7) is 0. The predicted octanol–water partition coefficient (Wildman–Crippen LogP) is 1.77. The van der Waals surface area contributed by atoms with Crippen LogP contribution in [0, 0.1) is 0 Å². The minimum absolute atomic E-state index is 0.00958. The normalized spacial score (nSPS) is 23.5. The lowest BCUT2D eigenvalue weighted by Gasteiger charge is -2.43. The van der Waals surface area contributed by atoms with E-state index in [1.807, 2.05) is 0 Å². The molecule has 2 N–H and O–H groups in total. The number of rotatable bonds is 2. The first-order valence-electron chi connectivity index (χ1n) is 3.35. The average Bonchev–Trinajstić information content (AvgIpc) is 1.82. The molecule has 11 heavy (non-hydrogen) atoms. The molecule has 0 atom stereocenters. The Kier molecular flexibility index (Phi) is 1.86. The minimum Gasteiger partial charge on any atom is -0.320 e. The fourth-order valence-corrected chi connectivity index (χ4v) is 1.11. The van der Waals surface area contributed by atoms with Gasteiger partial charge in [0.05, 0.1) is 5.54 Å². The van der Waals surface area contributed by atoms with Crippen LogP contribution in [-0.4, -0.2) is 17.9 Å². The molecule has 0 aromatic rings. The summed E-state index contributed by atoms with van der Waals surface area (Å²) >= 11 is 0. The van der Waals surface area contributed by atoms with E-state index >= 15 is 0 Å². The van der Waals surface area contributed by atoms with Crippen molar-refractivity contribution in [2.45, 2.75) is 37.1 Å². The molecule has 66 valence electrons. The Morgan fingerprint density at radius 3 is 1.82 bits per heavy atom. The summed E-state index contributed by atoms with van der Waals surface area (Å²) in [6.07, 6.45) is -3.15. The first-order valence-corrected chi connectivity index (χ1v) is 3.35. The highest BCUT2D eigenvalue weighted by Crippen LogP contribution is 2.45. The van der Waals surface area contributed by atoms with Gasteiger partial charge in [-0.05, 0) is 19.3 Å². The van der Waals surface area contributed by atoms with E-state index in [0.29, 0.717) is 6.42 Å². The zero-order valence-corrected chi connectivity index (χ0v) is 5.79. The standard InChI is InChI=1S/C6H9F4N/c7-4(8)6(9,10)5(11)2-1-3-5/h4H,1-3,11H2. The second-order valence-electron chi connectivity index (χ2n) is 2.93. The Balaban J connectivity index is 2.70. The van der Waals surface area contributed by atoms with Crippen LogP contribution in [0.1, 0.15) is 19.3 Å². The van der Waals surface area contributed by atoms with Gasteiger partial charge in [-0.1, -0.05) is 0 Å². The van der Waals surface area contributed by atoms with Gasteiger partial charge < -0.3 is 5.73 Å². The molecule has 0 saturated heterocycles. The predicted molar refractivity (Wildman–Crippen MR) is 31.7 cm³/mol. The van der Waals surface area contributed by atoms with Gasteiger partial charge >= 0.3 is 12.3 Å². The van der Waals surface area contributed by atoms with Gasteiger partial charge in [-0.15, -0.1) is 0 Å². The smallest absolute Gasteiger partial charge is 0.320 e. The quantitative estimate of drug-likeness (QED) is 0.629. The lowest BCUT2D eigenvalue weighted by atomic mass is 9.73. The van der Waals surface area contributed by atoms with Crippen molar-refractivity contribution in [2.24, 2.45) is 5.73 Å². The largest absolute Gasteiger partial charge is 0.324 e. The van der Waals surface area contributed by atoms with Crippen LogP contribution in [-0.2, 0) is 0 Å².